The van der Waals surface area contributed by atoms with E-state index in [1.165, 1.54) is 15.8 Å². The first-order valence-electron chi connectivity index (χ1n) is 12.6. The van der Waals surface area contributed by atoms with Crippen molar-refractivity contribution in [2.45, 2.75) is 69.6 Å². The number of alkyl halides is 2. The molecule has 2 aliphatic heterocycles. The van der Waals surface area contributed by atoms with E-state index >= 15 is 0 Å². The van der Waals surface area contributed by atoms with Crippen LogP contribution in [0.4, 0.5) is 20.4 Å². The van der Waals surface area contributed by atoms with Crippen LogP contribution < -0.4 is 5.32 Å². The smallest absolute Gasteiger partial charge is 0.272 e. The number of aliphatic hydroxyl groups excluding tert-OH is 1. The summed E-state index contributed by atoms with van der Waals surface area (Å²) < 4.78 is 33.9. The first-order chi connectivity index (χ1) is 17.2. The second-order valence-electron chi connectivity index (χ2n) is 10.8. The molecule has 0 radical (unpaired) electrons. The van der Waals surface area contributed by atoms with Crippen LogP contribution in [0.25, 0.3) is 10.9 Å². The predicted octanol–water partition coefficient (Wildman–Crippen LogP) is 4.10. The van der Waals surface area contributed by atoms with Gasteiger partial charge in [0.2, 0.25) is 5.95 Å². The van der Waals surface area contributed by atoms with E-state index in [4.69, 9.17) is 9.72 Å². The Kier molecular flexibility index (Phi) is 5.55. The fourth-order valence-electron chi connectivity index (χ4n) is 5.81. The average molecular weight is 499 g/mol. The lowest BCUT2D eigenvalue weighted by molar-refractivity contribution is -0.00214. The van der Waals surface area contributed by atoms with Crippen molar-refractivity contribution in [1.29, 1.82) is 0 Å². The number of ether oxygens (including phenoxy) is 1. The van der Waals surface area contributed by atoms with Crippen LogP contribution in [0.1, 0.15) is 55.0 Å². The van der Waals surface area contributed by atoms with Gasteiger partial charge in [0.1, 0.15) is 6.04 Å². The lowest BCUT2D eigenvalue weighted by Gasteiger charge is -2.43. The highest BCUT2D eigenvalue weighted by molar-refractivity contribution is 5.81. The van der Waals surface area contributed by atoms with E-state index in [0.29, 0.717) is 36.5 Å². The molecule has 1 saturated carbocycles. The summed E-state index contributed by atoms with van der Waals surface area (Å²) in [5.74, 6) is -1.85. The van der Waals surface area contributed by atoms with E-state index in [-0.39, 0.29) is 12.0 Å². The second-order valence-corrected chi connectivity index (χ2v) is 10.8. The molecule has 1 aliphatic carbocycles. The third-order valence-corrected chi connectivity index (χ3v) is 8.39. The molecule has 3 aromatic rings. The van der Waals surface area contributed by atoms with Crippen LogP contribution in [-0.2, 0) is 4.74 Å². The monoisotopic (exact) mass is 498 g/mol. The van der Waals surface area contributed by atoms with Crippen molar-refractivity contribution in [2.24, 2.45) is 0 Å². The maximum absolute atomic E-state index is 13.5. The van der Waals surface area contributed by atoms with Crippen LogP contribution in [-0.4, -0.2) is 73.6 Å². The number of aliphatic hydroxyl groups is 1. The summed E-state index contributed by atoms with van der Waals surface area (Å²) in [6, 6.07) is 3.43. The van der Waals surface area contributed by atoms with E-state index in [2.05, 4.69) is 46.3 Å². The number of anilines is 2. The molecule has 6 rings (SSSR count). The molecule has 0 spiro atoms. The molecule has 8 nitrogen and oxygen atoms in total. The predicted molar refractivity (Wildman–Crippen MR) is 132 cm³/mol. The van der Waals surface area contributed by atoms with E-state index in [0.717, 1.165) is 36.8 Å². The van der Waals surface area contributed by atoms with Crippen molar-refractivity contribution in [3.8, 4) is 0 Å². The number of halogens is 2. The topological polar surface area (TPSA) is 88.3 Å². The molecule has 2 aromatic heterocycles. The van der Waals surface area contributed by atoms with Crippen LogP contribution in [0.15, 0.2) is 24.5 Å². The number of hydrogen-bond donors (Lipinski definition) is 2. The average Bonchev–Trinajstić information content (AvgIpc) is 3.13. The molecule has 0 unspecified atom stereocenters. The molecule has 1 aromatic carbocycles. The third kappa shape index (κ3) is 3.95. The minimum atomic E-state index is -2.68. The summed E-state index contributed by atoms with van der Waals surface area (Å²) in [6.07, 6.45) is 4.75. The summed E-state index contributed by atoms with van der Waals surface area (Å²) in [5.41, 5.74) is 4.33. The van der Waals surface area contributed by atoms with Gasteiger partial charge in [0, 0.05) is 18.0 Å². The van der Waals surface area contributed by atoms with Gasteiger partial charge in [0.25, 0.3) is 5.92 Å². The minimum Gasteiger partial charge on any atom is -0.389 e. The second kappa shape index (κ2) is 8.43. The Balaban J connectivity index is 1.20. The summed E-state index contributed by atoms with van der Waals surface area (Å²) >= 11 is 0. The molecule has 2 N–H and O–H groups in total. The first kappa shape index (κ1) is 23.7. The zero-order chi connectivity index (χ0) is 25.2. The number of piperidine rings is 1. The Morgan fingerprint density at radius 1 is 1.17 bits per heavy atom. The maximum Gasteiger partial charge on any atom is 0.272 e. The van der Waals surface area contributed by atoms with Gasteiger partial charge in [0.05, 0.1) is 48.0 Å². The first-order valence-corrected chi connectivity index (χ1v) is 12.6. The Hall–Kier alpha value is -2.69. The molecule has 3 aliphatic rings. The van der Waals surface area contributed by atoms with Crippen LogP contribution in [0.3, 0.4) is 0 Å². The normalized spacial score (nSPS) is 28.6. The number of fused-ring (bicyclic) bond motifs is 1. The van der Waals surface area contributed by atoms with E-state index < -0.39 is 18.1 Å². The SMILES string of the molecule is Cc1cc2cnc(Nc3cnn([C@H]4CC4(F)F)c3C)nc2cc1C1CCN([C@]2(C)COC[C@@H]2O)CC1. The maximum atomic E-state index is 13.5. The molecular formula is C26H32F2N6O2. The number of nitrogens with zero attached hydrogens (tertiary/aromatic N) is 5. The summed E-state index contributed by atoms with van der Waals surface area (Å²) in [6.45, 7) is 8.81. The van der Waals surface area contributed by atoms with Crippen LogP contribution in [0.2, 0.25) is 0 Å². The van der Waals surface area contributed by atoms with Crippen molar-refractivity contribution in [2.75, 3.05) is 31.6 Å². The Morgan fingerprint density at radius 3 is 2.58 bits per heavy atom. The molecule has 0 bridgehead atoms. The molecule has 36 heavy (non-hydrogen) atoms. The fraction of sp³-hybridized carbons (Fsp3) is 0.577. The Bertz CT molecular complexity index is 1310. The van der Waals surface area contributed by atoms with Gasteiger partial charge in [-0.25, -0.2) is 18.7 Å². The highest BCUT2D eigenvalue weighted by atomic mass is 19.3. The molecule has 3 atom stereocenters. The van der Waals surface area contributed by atoms with E-state index in [9.17, 15) is 13.9 Å². The van der Waals surface area contributed by atoms with E-state index in [1.54, 1.807) is 19.3 Å². The van der Waals surface area contributed by atoms with Crippen LogP contribution >= 0.6 is 0 Å². The zero-order valence-corrected chi connectivity index (χ0v) is 20.8. The van der Waals surface area contributed by atoms with Crippen molar-refractivity contribution < 1.29 is 18.6 Å². The summed E-state index contributed by atoms with van der Waals surface area (Å²) in [5, 5.41) is 18.7. The van der Waals surface area contributed by atoms with Crippen molar-refractivity contribution >= 4 is 22.5 Å². The van der Waals surface area contributed by atoms with Crippen molar-refractivity contribution in [1.82, 2.24) is 24.6 Å². The number of likely N-dealkylation sites (tertiary alicyclic amines) is 1. The molecule has 0 amide bonds. The quantitative estimate of drug-likeness (QED) is 0.548. The standard InChI is InChI=1S/C26H32F2N6O2/c1-15-8-18-11-29-24(32-21-12-30-34(16(21)2)22-10-26(22,27)28)31-20(18)9-19(15)17-4-6-33(7-5-17)25(3)14-36-13-23(25)35/h8-9,11-12,17,22-23,35H,4-7,10,13-14H2,1-3H3,(H,29,31,32)/t22-,23-,25+/m0/s1. The highest BCUT2D eigenvalue weighted by Crippen LogP contribution is 2.53. The van der Waals surface area contributed by atoms with Gasteiger partial charge in [-0.3, -0.25) is 9.58 Å². The highest BCUT2D eigenvalue weighted by Gasteiger charge is 2.59. The molecule has 192 valence electrons. The Morgan fingerprint density at radius 2 is 1.92 bits per heavy atom. The van der Waals surface area contributed by atoms with E-state index in [1.807, 2.05) is 0 Å². The van der Waals surface area contributed by atoms with Crippen molar-refractivity contribution in [3.63, 3.8) is 0 Å². The third-order valence-electron chi connectivity index (χ3n) is 8.39. The van der Waals surface area contributed by atoms with Crippen LogP contribution in [0.5, 0.6) is 0 Å². The van der Waals surface area contributed by atoms with Gasteiger partial charge in [-0.1, -0.05) is 0 Å². The minimum absolute atomic E-state index is 0.171. The lowest BCUT2D eigenvalue weighted by Crippen LogP contribution is -2.56. The van der Waals surface area contributed by atoms with Gasteiger partial charge in [-0.15, -0.1) is 0 Å². The number of rotatable bonds is 5. The molecule has 4 heterocycles. The molecule has 2 saturated heterocycles. The molecular weight excluding hydrogens is 466 g/mol. The van der Waals surface area contributed by atoms with Crippen LogP contribution in [0, 0.1) is 13.8 Å². The lowest BCUT2D eigenvalue weighted by atomic mass is 9.84. The number of aryl methyl sites for hydroxylation is 1. The number of benzene rings is 1. The van der Waals surface area contributed by atoms with Gasteiger partial charge >= 0.3 is 0 Å². The Labute approximate surface area is 208 Å². The van der Waals surface area contributed by atoms with Gasteiger partial charge in [-0.05, 0) is 75.9 Å². The van der Waals surface area contributed by atoms with Gasteiger partial charge < -0.3 is 15.2 Å². The number of aromatic nitrogens is 4. The summed E-state index contributed by atoms with van der Waals surface area (Å²) in [4.78, 5) is 11.6. The van der Waals surface area contributed by atoms with Gasteiger partial charge in [0.15, 0.2) is 0 Å². The molecule has 10 heteroatoms. The largest absolute Gasteiger partial charge is 0.389 e. The number of hydrogen-bond acceptors (Lipinski definition) is 7. The van der Waals surface area contributed by atoms with Crippen molar-refractivity contribution in [3.05, 3.63) is 41.3 Å². The fourth-order valence-corrected chi connectivity index (χ4v) is 5.81. The summed E-state index contributed by atoms with van der Waals surface area (Å²) in [7, 11) is 0. The van der Waals surface area contributed by atoms with Gasteiger partial charge in [-0.2, -0.15) is 5.10 Å². The number of nitrogens with one attached hydrogen (secondary N) is 1. The zero-order valence-electron chi connectivity index (χ0n) is 20.8. The molecule has 3 fully saturated rings.